The molecule has 25 heavy (non-hydrogen) atoms. The first-order valence-corrected chi connectivity index (χ1v) is 7.54. The Kier molecular flexibility index (Phi) is 14.6. The molecule has 0 aromatic carbocycles. The molecular formula is C20H24O4Ti. The SMILES string of the molecule is C=C(C)C(=O)O.C=C(C)C(=O)O.[C-]1=C(CCC2=[C-]CC=C2)C=CC1.[Ti+2]. The maximum Gasteiger partial charge on any atom is 2.00 e. The molecule has 5 heteroatoms. The topological polar surface area (TPSA) is 74.6 Å². The maximum atomic E-state index is 9.60. The van der Waals surface area contributed by atoms with E-state index in [1.807, 2.05) is 0 Å². The Balaban J connectivity index is 0. The molecule has 0 unspecified atom stereocenters. The minimum atomic E-state index is -0.935. The fourth-order valence-corrected chi connectivity index (χ4v) is 1.51. The number of carboxylic acid groups (broad SMARTS) is 2. The van der Waals surface area contributed by atoms with Crippen LogP contribution < -0.4 is 0 Å². The van der Waals surface area contributed by atoms with Crippen LogP contribution in [-0.4, -0.2) is 22.2 Å². The second-order valence-corrected chi connectivity index (χ2v) is 5.29. The summed E-state index contributed by atoms with van der Waals surface area (Å²) in [6.45, 7) is 9.20. The first kappa shape index (κ1) is 25.3. The van der Waals surface area contributed by atoms with Gasteiger partial charge in [0.15, 0.2) is 0 Å². The van der Waals surface area contributed by atoms with Crippen molar-refractivity contribution < 1.29 is 41.5 Å². The van der Waals surface area contributed by atoms with Gasteiger partial charge >= 0.3 is 33.7 Å². The predicted molar refractivity (Wildman–Crippen MR) is 95.2 cm³/mol. The number of rotatable bonds is 5. The fraction of sp³-hybridized carbons (Fsp3) is 0.300. The van der Waals surface area contributed by atoms with Gasteiger partial charge in [-0.2, -0.15) is 12.2 Å². The standard InChI is InChI=1S/C12H12.2C4H6O2.Ti/c1-2-6-11(5-1)9-10-12-7-3-4-8-12;2*1-3(2)4(5)6;/h1,3,5,7H,2,4,9-10H2;2*1H2,2H3,(H,5,6);/q-2;;;+2. The zero-order chi connectivity index (χ0) is 18.5. The van der Waals surface area contributed by atoms with E-state index in [-0.39, 0.29) is 32.9 Å². The molecule has 0 aromatic rings. The Hall–Kier alpha value is -1.91. The zero-order valence-electron chi connectivity index (χ0n) is 14.8. The summed E-state index contributed by atoms with van der Waals surface area (Å²) in [6.07, 6.45) is 19.6. The van der Waals surface area contributed by atoms with Gasteiger partial charge in [0.25, 0.3) is 0 Å². The van der Waals surface area contributed by atoms with Gasteiger partial charge in [-0.3, -0.25) is 12.2 Å². The molecule has 0 amide bonds. The van der Waals surface area contributed by atoms with E-state index in [4.69, 9.17) is 10.2 Å². The van der Waals surface area contributed by atoms with Gasteiger partial charge in [0.05, 0.1) is 0 Å². The van der Waals surface area contributed by atoms with Crippen LogP contribution in [0.1, 0.15) is 39.5 Å². The van der Waals surface area contributed by atoms with Gasteiger partial charge in [0.2, 0.25) is 0 Å². The summed E-state index contributed by atoms with van der Waals surface area (Å²) in [5.74, 6) is -1.87. The molecule has 0 bridgehead atoms. The normalized spacial score (nSPS) is 13.2. The summed E-state index contributed by atoms with van der Waals surface area (Å²) in [7, 11) is 0. The minimum absolute atomic E-state index is 0. The van der Waals surface area contributed by atoms with Gasteiger partial charge in [0.1, 0.15) is 0 Å². The quantitative estimate of drug-likeness (QED) is 0.423. The molecule has 2 aliphatic rings. The molecule has 4 nitrogen and oxygen atoms in total. The molecule has 2 rings (SSSR count). The van der Waals surface area contributed by atoms with Gasteiger partial charge < -0.3 is 10.2 Å². The summed E-state index contributed by atoms with van der Waals surface area (Å²) < 4.78 is 0. The van der Waals surface area contributed by atoms with Crippen molar-refractivity contribution in [1.82, 2.24) is 0 Å². The van der Waals surface area contributed by atoms with E-state index in [9.17, 15) is 9.59 Å². The van der Waals surface area contributed by atoms with Crippen LogP contribution in [0.5, 0.6) is 0 Å². The first-order chi connectivity index (χ1) is 11.2. The third-order valence-corrected chi connectivity index (χ3v) is 2.93. The van der Waals surface area contributed by atoms with E-state index in [2.05, 4.69) is 49.6 Å². The molecule has 0 fully saturated rings. The summed E-state index contributed by atoms with van der Waals surface area (Å²) in [5.41, 5.74) is 3.08. The Bertz CT molecular complexity index is 529. The molecular weight excluding hydrogens is 352 g/mol. The number of allylic oxidation sites excluding steroid dienone is 8. The number of carboxylic acids is 2. The smallest absolute Gasteiger partial charge is 0.478 e. The second kappa shape index (κ2) is 14.4. The van der Waals surface area contributed by atoms with Crippen molar-refractivity contribution in [1.29, 1.82) is 0 Å². The van der Waals surface area contributed by atoms with Crippen molar-refractivity contribution in [3.05, 3.63) is 71.9 Å². The summed E-state index contributed by atoms with van der Waals surface area (Å²) in [5, 5.41) is 15.8. The zero-order valence-corrected chi connectivity index (χ0v) is 16.3. The van der Waals surface area contributed by atoms with E-state index >= 15 is 0 Å². The van der Waals surface area contributed by atoms with Crippen LogP contribution >= 0.6 is 0 Å². The van der Waals surface area contributed by atoms with E-state index < -0.39 is 11.9 Å². The van der Waals surface area contributed by atoms with Crippen LogP contribution in [-0.2, 0) is 31.3 Å². The average molecular weight is 376 g/mol. The van der Waals surface area contributed by atoms with Crippen molar-refractivity contribution in [2.45, 2.75) is 39.5 Å². The van der Waals surface area contributed by atoms with Crippen LogP contribution in [0.15, 0.2) is 59.8 Å². The predicted octanol–water partition coefficient (Wildman–Crippen LogP) is 4.44. The van der Waals surface area contributed by atoms with E-state index in [1.54, 1.807) is 0 Å². The summed E-state index contributed by atoms with van der Waals surface area (Å²) in [4.78, 5) is 19.2. The van der Waals surface area contributed by atoms with Crippen LogP contribution in [0.25, 0.3) is 0 Å². The molecule has 2 aliphatic carbocycles. The Morgan fingerprint density at radius 2 is 1.20 bits per heavy atom. The molecule has 0 saturated carbocycles. The van der Waals surface area contributed by atoms with Crippen LogP contribution in [0.4, 0.5) is 0 Å². The van der Waals surface area contributed by atoms with Gasteiger partial charge in [-0.1, -0.05) is 26.0 Å². The van der Waals surface area contributed by atoms with E-state index in [1.165, 1.54) is 25.0 Å². The number of hydrogen-bond acceptors (Lipinski definition) is 2. The molecule has 0 heterocycles. The summed E-state index contributed by atoms with van der Waals surface area (Å²) in [6, 6.07) is 0. The third-order valence-electron chi connectivity index (χ3n) is 2.93. The molecule has 0 radical (unpaired) electrons. The van der Waals surface area contributed by atoms with E-state index in [0.717, 1.165) is 25.7 Å². The monoisotopic (exact) mass is 376 g/mol. The van der Waals surface area contributed by atoms with Gasteiger partial charge in [-0.15, -0.1) is 12.8 Å². The van der Waals surface area contributed by atoms with Crippen molar-refractivity contribution >= 4 is 11.9 Å². The van der Waals surface area contributed by atoms with Crippen LogP contribution in [0.2, 0.25) is 0 Å². The summed E-state index contributed by atoms with van der Waals surface area (Å²) >= 11 is 0. The van der Waals surface area contributed by atoms with E-state index in [0.29, 0.717) is 0 Å². The van der Waals surface area contributed by atoms with Crippen molar-refractivity contribution in [2.75, 3.05) is 0 Å². The maximum absolute atomic E-state index is 9.60. The van der Waals surface area contributed by atoms with Crippen molar-refractivity contribution in [2.24, 2.45) is 0 Å². The molecule has 0 saturated heterocycles. The number of aliphatic carboxylic acids is 2. The molecule has 0 atom stereocenters. The molecule has 132 valence electrons. The van der Waals surface area contributed by atoms with Crippen LogP contribution in [0, 0.1) is 12.2 Å². The fourth-order valence-electron chi connectivity index (χ4n) is 1.51. The minimum Gasteiger partial charge on any atom is -0.478 e. The third kappa shape index (κ3) is 14.2. The van der Waals surface area contributed by atoms with Crippen molar-refractivity contribution in [3.63, 3.8) is 0 Å². The molecule has 2 N–H and O–H groups in total. The largest absolute Gasteiger partial charge is 2.00 e. The number of carbonyl (C=O) groups is 2. The first-order valence-electron chi connectivity index (χ1n) is 7.54. The Labute approximate surface area is 164 Å². The van der Waals surface area contributed by atoms with Crippen LogP contribution in [0.3, 0.4) is 0 Å². The second-order valence-electron chi connectivity index (χ2n) is 5.29. The Morgan fingerprint density at radius 1 is 0.920 bits per heavy atom. The van der Waals surface area contributed by atoms with Gasteiger partial charge in [-0.05, 0) is 13.8 Å². The molecule has 0 spiro atoms. The Morgan fingerprint density at radius 3 is 1.36 bits per heavy atom. The molecule has 0 aromatic heterocycles. The number of hydrogen-bond donors (Lipinski definition) is 2. The van der Waals surface area contributed by atoms with Gasteiger partial charge in [0, 0.05) is 11.1 Å². The molecule has 0 aliphatic heterocycles. The van der Waals surface area contributed by atoms with Gasteiger partial charge in [-0.25, -0.2) is 32.9 Å². The average Bonchev–Trinajstić information content (AvgIpc) is 3.20. The van der Waals surface area contributed by atoms with Crippen molar-refractivity contribution in [3.8, 4) is 0 Å².